The van der Waals surface area contributed by atoms with Crippen LogP contribution in [0.15, 0.2) is 60.7 Å². The average molecular weight is 540 g/mol. The summed E-state index contributed by atoms with van der Waals surface area (Å²) in [5.74, 6) is 2.68. The summed E-state index contributed by atoms with van der Waals surface area (Å²) in [7, 11) is 0. The van der Waals surface area contributed by atoms with E-state index in [1.807, 2.05) is 67.6 Å². The highest BCUT2D eigenvalue weighted by atomic mass is 35.5. The number of aryl methyl sites for hydroxylation is 2. The number of carbonyl (C=O) groups excluding carboxylic acids is 2. The fourth-order valence-electron chi connectivity index (χ4n) is 4.01. The van der Waals surface area contributed by atoms with Crippen molar-refractivity contribution in [3.63, 3.8) is 0 Å². The van der Waals surface area contributed by atoms with Crippen molar-refractivity contribution >= 4 is 34.5 Å². The van der Waals surface area contributed by atoms with Crippen LogP contribution in [0, 0.1) is 6.92 Å². The normalized spacial score (nSPS) is 17.0. The molecule has 0 aliphatic carbocycles. The van der Waals surface area contributed by atoms with Crippen molar-refractivity contribution in [2.24, 2.45) is 0 Å². The molecule has 6 nitrogen and oxygen atoms in total. The van der Waals surface area contributed by atoms with Gasteiger partial charge in [0.05, 0.1) is 13.2 Å². The van der Waals surface area contributed by atoms with E-state index in [2.05, 4.69) is 12.2 Å². The number of carbonyl (C=O) groups is 2. The van der Waals surface area contributed by atoms with E-state index in [-0.39, 0.29) is 11.1 Å². The molecule has 1 aliphatic rings. The number of hydrogen-bond donors (Lipinski definition) is 1. The minimum Gasteiger partial charge on any atom is -0.493 e. The van der Waals surface area contributed by atoms with Crippen LogP contribution < -0.4 is 19.5 Å². The molecule has 1 unspecified atom stereocenters. The second-order valence-corrected chi connectivity index (χ2v) is 10.8. The van der Waals surface area contributed by atoms with Gasteiger partial charge in [0.15, 0.2) is 0 Å². The second kappa shape index (κ2) is 11.9. The average Bonchev–Trinajstić information content (AvgIpc) is 3.14. The Morgan fingerprint density at radius 3 is 2.43 bits per heavy atom. The first-order valence-corrected chi connectivity index (χ1v) is 13.5. The summed E-state index contributed by atoms with van der Waals surface area (Å²) in [4.78, 5) is 23.9. The van der Waals surface area contributed by atoms with Crippen LogP contribution >= 0.6 is 23.4 Å². The summed E-state index contributed by atoms with van der Waals surface area (Å²) in [6, 6.07) is 18.8. The standard InChI is InChI=1S/C29H30ClNO5S/c1-4-7-20-17-24(36-23-10-12-25(30)19(2)16-23)11-13-26(20)35-15-6-14-34-22-9-5-8-21(18-22)29(3)27(32)31-28(33)37-29/h5,8-13,16-18H,4,6-7,14-15H2,1-3H3,(H,31,32,33). The summed E-state index contributed by atoms with van der Waals surface area (Å²) < 4.78 is 17.1. The van der Waals surface area contributed by atoms with Crippen molar-refractivity contribution in [3.8, 4) is 23.0 Å². The second-order valence-electron chi connectivity index (χ2n) is 8.99. The molecule has 8 heteroatoms. The maximum absolute atomic E-state index is 12.2. The highest BCUT2D eigenvalue weighted by molar-refractivity contribution is 8.15. The summed E-state index contributed by atoms with van der Waals surface area (Å²) in [5.41, 5.74) is 2.79. The van der Waals surface area contributed by atoms with Gasteiger partial charge >= 0.3 is 0 Å². The van der Waals surface area contributed by atoms with E-state index in [0.717, 1.165) is 58.5 Å². The molecule has 1 fully saturated rings. The third-order valence-electron chi connectivity index (χ3n) is 6.06. The van der Waals surface area contributed by atoms with Gasteiger partial charge in [-0.15, -0.1) is 0 Å². The smallest absolute Gasteiger partial charge is 0.287 e. The Labute approximate surface area is 226 Å². The van der Waals surface area contributed by atoms with Crippen molar-refractivity contribution < 1.29 is 23.8 Å². The van der Waals surface area contributed by atoms with Gasteiger partial charge in [-0.2, -0.15) is 0 Å². The zero-order valence-electron chi connectivity index (χ0n) is 21.1. The first kappa shape index (κ1) is 26.9. The Hall–Kier alpha value is -3.16. The van der Waals surface area contributed by atoms with Crippen LogP contribution in [0.3, 0.4) is 0 Å². The third-order valence-corrected chi connectivity index (χ3v) is 7.60. The molecule has 3 aromatic rings. The molecular weight excluding hydrogens is 510 g/mol. The van der Waals surface area contributed by atoms with Gasteiger partial charge in [0.1, 0.15) is 27.7 Å². The molecule has 4 rings (SSSR count). The molecule has 0 spiro atoms. The van der Waals surface area contributed by atoms with Crippen LogP contribution in [0.4, 0.5) is 4.79 Å². The Bertz CT molecular complexity index is 1300. The lowest BCUT2D eigenvalue weighted by Crippen LogP contribution is -2.31. The molecule has 37 heavy (non-hydrogen) atoms. The fraction of sp³-hybridized carbons (Fsp3) is 0.310. The lowest BCUT2D eigenvalue weighted by molar-refractivity contribution is -0.121. The SMILES string of the molecule is CCCc1cc(Oc2ccc(Cl)c(C)c2)ccc1OCCCOc1cccc(C2(C)SC(=O)NC2=O)c1. The lowest BCUT2D eigenvalue weighted by atomic mass is 9.99. The van der Waals surface area contributed by atoms with E-state index < -0.39 is 4.75 Å². The van der Waals surface area contributed by atoms with Gasteiger partial charge < -0.3 is 14.2 Å². The molecule has 2 amide bonds. The van der Waals surface area contributed by atoms with E-state index in [4.69, 9.17) is 25.8 Å². The van der Waals surface area contributed by atoms with Crippen molar-refractivity contribution in [2.45, 2.75) is 44.8 Å². The van der Waals surface area contributed by atoms with Crippen molar-refractivity contribution in [1.82, 2.24) is 5.32 Å². The number of nitrogens with one attached hydrogen (secondary N) is 1. The maximum atomic E-state index is 12.2. The third kappa shape index (κ3) is 6.59. The molecule has 0 radical (unpaired) electrons. The zero-order chi connectivity index (χ0) is 26.4. The van der Waals surface area contributed by atoms with E-state index >= 15 is 0 Å². The molecule has 1 N–H and O–H groups in total. The van der Waals surface area contributed by atoms with Gasteiger partial charge in [-0.25, -0.2) is 0 Å². The number of ether oxygens (including phenoxy) is 3. The largest absolute Gasteiger partial charge is 0.493 e. The Kier molecular flexibility index (Phi) is 8.67. The van der Waals surface area contributed by atoms with Crippen LogP contribution in [0.5, 0.6) is 23.0 Å². The molecule has 194 valence electrons. The topological polar surface area (TPSA) is 73.9 Å². The van der Waals surface area contributed by atoms with Gasteiger partial charge in [0.2, 0.25) is 5.91 Å². The van der Waals surface area contributed by atoms with Crippen LogP contribution in [0.25, 0.3) is 0 Å². The van der Waals surface area contributed by atoms with Gasteiger partial charge in [0.25, 0.3) is 5.24 Å². The minimum atomic E-state index is -0.947. The molecule has 0 aromatic heterocycles. The van der Waals surface area contributed by atoms with Gasteiger partial charge in [-0.1, -0.05) is 37.1 Å². The molecule has 0 bridgehead atoms. The summed E-state index contributed by atoms with van der Waals surface area (Å²) >= 11 is 7.10. The van der Waals surface area contributed by atoms with Crippen molar-refractivity contribution in [3.05, 3.63) is 82.4 Å². The van der Waals surface area contributed by atoms with Crippen molar-refractivity contribution in [1.29, 1.82) is 0 Å². The van der Waals surface area contributed by atoms with E-state index in [0.29, 0.717) is 30.4 Å². The molecular formula is C29H30ClNO5S. The number of rotatable bonds is 11. The monoisotopic (exact) mass is 539 g/mol. The zero-order valence-corrected chi connectivity index (χ0v) is 22.7. The summed E-state index contributed by atoms with van der Waals surface area (Å²) in [6.45, 7) is 6.78. The molecule has 0 saturated carbocycles. The number of hydrogen-bond acceptors (Lipinski definition) is 6. The van der Waals surface area contributed by atoms with Gasteiger partial charge in [-0.3, -0.25) is 14.9 Å². The Morgan fingerprint density at radius 2 is 1.70 bits per heavy atom. The predicted octanol–water partition coefficient (Wildman–Crippen LogP) is 7.44. The summed E-state index contributed by atoms with van der Waals surface area (Å²) in [6.07, 6.45) is 2.55. The highest BCUT2D eigenvalue weighted by Crippen LogP contribution is 2.41. The number of thioether (sulfide) groups is 1. The number of amides is 2. The maximum Gasteiger partial charge on any atom is 0.287 e. The minimum absolute atomic E-state index is 0.310. The van der Waals surface area contributed by atoms with E-state index in [1.54, 1.807) is 6.92 Å². The predicted molar refractivity (Wildman–Crippen MR) is 147 cm³/mol. The molecule has 1 aliphatic heterocycles. The number of imide groups is 1. The number of halogens is 1. The Balaban J connectivity index is 1.31. The van der Waals surface area contributed by atoms with Crippen LogP contribution in [-0.2, 0) is 16.0 Å². The molecule has 1 heterocycles. The first-order chi connectivity index (χ1) is 17.8. The Morgan fingerprint density at radius 1 is 0.946 bits per heavy atom. The fourth-order valence-corrected chi connectivity index (χ4v) is 5.04. The van der Waals surface area contributed by atoms with Gasteiger partial charge in [0, 0.05) is 11.4 Å². The van der Waals surface area contributed by atoms with Crippen LogP contribution in [-0.4, -0.2) is 24.4 Å². The molecule has 3 aromatic carbocycles. The summed E-state index contributed by atoms with van der Waals surface area (Å²) in [5, 5.41) is 2.73. The lowest BCUT2D eigenvalue weighted by Gasteiger charge is -2.19. The van der Waals surface area contributed by atoms with Crippen LogP contribution in [0.1, 0.15) is 43.4 Å². The van der Waals surface area contributed by atoms with E-state index in [9.17, 15) is 9.59 Å². The first-order valence-electron chi connectivity index (χ1n) is 12.3. The molecule has 1 saturated heterocycles. The van der Waals surface area contributed by atoms with E-state index in [1.165, 1.54) is 0 Å². The highest BCUT2D eigenvalue weighted by Gasteiger charge is 2.45. The van der Waals surface area contributed by atoms with Gasteiger partial charge in [-0.05, 0) is 97.3 Å². The van der Waals surface area contributed by atoms with Crippen molar-refractivity contribution in [2.75, 3.05) is 13.2 Å². The molecule has 1 atom stereocenters. The quantitative estimate of drug-likeness (QED) is 0.255. The number of benzene rings is 3. The van der Waals surface area contributed by atoms with Crippen LogP contribution in [0.2, 0.25) is 5.02 Å².